The zero-order valence-electron chi connectivity index (χ0n) is 22.2. The van der Waals surface area contributed by atoms with Crippen LogP contribution in [0.4, 0.5) is 0 Å². The molecule has 0 aromatic heterocycles. The van der Waals surface area contributed by atoms with Gasteiger partial charge >= 0.3 is 5.97 Å². The molecular weight excluding hydrogens is 424 g/mol. The Kier molecular flexibility index (Phi) is 19.1. The van der Waals surface area contributed by atoms with Crippen LogP contribution in [0.25, 0.3) is 6.08 Å². The summed E-state index contributed by atoms with van der Waals surface area (Å²) in [5.41, 5.74) is 0.889. The van der Waals surface area contributed by atoms with Crippen molar-refractivity contribution < 1.29 is 19.0 Å². The molecule has 1 rings (SSSR count). The third kappa shape index (κ3) is 15.8. The number of unbranched alkanes of at least 4 members (excludes halogenated alkanes) is 14. The van der Waals surface area contributed by atoms with Gasteiger partial charge in [0.15, 0.2) is 11.5 Å². The van der Waals surface area contributed by atoms with Gasteiger partial charge in [-0.3, -0.25) is 0 Å². The molecule has 0 aliphatic carbocycles. The first kappa shape index (κ1) is 30.1. The number of hydrogen-bond donors (Lipinski definition) is 0. The predicted octanol–water partition coefficient (Wildman–Crippen LogP) is 8.91. The van der Waals surface area contributed by atoms with Crippen LogP contribution >= 0.6 is 0 Å². The van der Waals surface area contributed by atoms with E-state index < -0.39 is 0 Å². The van der Waals surface area contributed by atoms with Crippen molar-refractivity contribution in [2.24, 2.45) is 0 Å². The average Bonchev–Trinajstić information content (AvgIpc) is 2.85. The molecular formula is C30H50O4. The van der Waals surface area contributed by atoms with Gasteiger partial charge in [0.05, 0.1) is 20.3 Å². The van der Waals surface area contributed by atoms with Gasteiger partial charge in [-0.15, -0.1) is 0 Å². The Labute approximate surface area is 209 Å². The molecule has 0 aliphatic heterocycles. The molecule has 4 heteroatoms. The lowest BCUT2D eigenvalue weighted by atomic mass is 10.1. The number of carbonyl (C=O) groups is 1. The van der Waals surface area contributed by atoms with E-state index in [-0.39, 0.29) is 5.97 Å². The number of carbonyl (C=O) groups excluding carboxylic acids is 1. The fraction of sp³-hybridized carbons (Fsp3) is 0.700. The second-order valence-electron chi connectivity index (χ2n) is 9.21. The molecule has 0 fully saturated rings. The van der Waals surface area contributed by atoms with Crippen LogP contribution in [0.2, 0.25) is 0 Å². The highest BCUT2D eigenvalue weighted by molar-refractivity contribution is 5.87. The molecule has 0 heterocycles. The predicted molar refractivity (Wildman–Crippen MR) is 144 cm³/mol. The number of methoxy groups -OCH3 is 1. The van der Waals surface area contributed by atoms with Gasteiger partial charge in [0.1, 0.15) is 0 Å². The number of rotatable bonds is 22. The topological polar surface area (TPSA) is 44.8 Å². The van der Waals surface area contributed by atoms with Crippen molar-refractivity contribution in [3.8, 4) is 11.5 Å². The molecule has 0 aliphatic rings. The second-order valence-corrected chi connectivity index (χ2v) is 9.21. The van der Waals surface area contributed by atoms with Gasteiger partial charge in [-0.2, -0.15) is 0 Å². The van der Waals surface area contributed by atoms with Crippen molar-refractivity contribution in [1.82, 2.24) is 0 Å². The maximum atomic E-state index is 12.0. The molecule has 34 heavy (non-hydrogen) atoms. The first-order chi connectivity index (χ1) is 16.7. The van der Waals surface area contributed by atoms with Crippen LogP contribution in [0.5, 0.6) is 11.5 Å². The van der Waals surface area contributed by atoms with E-state index in [0.29, 0.717) is 19.0 Å². The molecule has 4 nitrogen and oxygen atoms in total. The molecule has 0 unspecified atom stereocenters. The summed E-state index contributed by atoms with van der Waals surface area (Å²) in [5.74, 6) is 1.14. The zero-order valence-corrected chi connectivity index (χ0v) is 22.2. The van der Waals surface area contributed by atoms with Crippen molar-refractivity contribution in [3.63, 3.8) is 0 Å². The molecule has 1 aromatic rings. The summed E-state index contributed by atoms with van der Waals surface area (Å²) in [6, 6.07) is 5.74. The Morgan fingerprint density at radius 3 is 1.79 bits per heavy atom. The summed E-state index contributed by atoms with van der Waals surface area (Å²) in [6.07, 6.45) is 23.4. The molecule has 0 N–H and O–H groups in total. The maximum Gasteiger partial charge on any atom is 0.330 e. The van der Waals surface area contributed by atoms with E-state index in [4.69, 9.17) is 14.2 Å². The minimum absolute atomic E-state index is 0.295. The first-order valence-electron chi connectivity index (χ1n) is 13.9. The number of hydrogen-bond acceptors (Lipinski definition) is 4. The highest BCUT2D eigenvalue weighted by Gasteiger charge is 2.05. The monoisotopic (exact) mass is 474 g/mol. The summed E-state index contributed by atoms with van der Waals surface area (Å²) in [4.78, 5) is 12.0. The average molecular weight is 475 g/mol. The van der Waals surface area contributed by atoms with E-state index in [2.05, 4.69) is 13.8 Å². The molecule has 0 atom stereocenters. The second kappa shape index (κ2) is 21.6. The van der Waals surface area contributed by atoms with E-state index in [9.17, 15) is 4.79 Å². The van der Waals surface area contributed by atoms with Crippen molar-refractivity contribution in [2.75, 3.05) is 20.3 Å². The summed E-state index contributed by atoms with van der Waals surface area (Å²) in [7, 11) is 1.64. The smallest absolute Gasteiger partial charge is 0.330 e. The number of benzene rings is 1. The van der Waals surface area contributed by atoms with Crippen LogP contribution in [0.3, 0.4) is 0 Å². The fourth-order valence-corrected chi connectivity index (χ4v) is 3.95. The minimum atomic E-state index is -0.295. The highest BCUT2D eigenvalue weighted by Crippen LogP contribution is 2.29. The lowest BCUT2D eigenvalue weighted by molar-refractivity contribution is -0.137. The van der Waals surface area contributed by atoms with Gasteiger partial charge in [0.25, 0.3) is 0 Å². The van der Waals surface area contributed by atoms with E-state index in [0.717, 1.165) is 30.6 Å². The Morgan fingerprint density at radius 1 is 0.706 bits per heavy atom. The molecule has 0 spiro atoms. The standard InChI is InChI=1S/C30H50O4/c1-4-6-8-10-12-14-16-18-24-33-28-22-20-27(26-29(28)32-3)21-23-30(31)34-25-19-17-15-13-11-9-7-5-2/h20-23,26H,4-19,24-25H2,1-3H3/b23-21+. The van der Waals surface area contributed by atoms with Gasteiger partial charge in [-0.1, -0.05) is 110 Å². The number of esters is 1. The molecule has 0 bridgehead atoms. The maximum absolute atomic E-state index is 12.0. The lowest BCUT2D eigenvalue weighted by Gasteiger charge is -2.11. The Bertz CT molecular complexity index is 653. The van der Waals surface area contributed by atoms with E-state index in [1.54, 1.807) is 13.2 Å². The number of ether oxygens (including phenoxy) is 3. The third-order valence-electron chi connectivity index (χ3n) is 6.10. The Hall–Kier alpha value is -1.97. The van der Waals surface area contributed by atoms with Crippen molar-refractivity contribution in [1.29, 1.82) is 0 Å². The van der Waals surface area contributed by atoms with E-state index >= 15 is 0 Å². The van der Waals surface area contributed by atoms with Gasteiger partial charge < -0.3 is 14.2 Å². The van der Waals surface area contributed by atoms with Gasteiger partial charge in [-0.25, -0.2) is 4.79 Å². The molecule has 194 valence electrons. The Morgan fingerprint density at radius 2 is 1.24 bits per heavy atom. The largest absolute Gasteiger partial charge is 0.493 e. The summed E-state index contributed by atoms with van der Waals surface area (Å²) < 4.78 is 16.7. The molecule has 0 saturated carbocycles. The van der Waals surface area contributed by atoms with Crippen molar-refractivity contribution >= 4 is 12.0 Å². The van der Waals surface area contributed by atoms with Crippen LogP contribution in [0.15, 0.2) is 24.3 Å². The van der Waals surface area contributed by atoms with Crippen LogP contribution < -0.4 is 9.47 Å². The van der Waals surface area contributed by atoms with Crippen LogP contribution in [0.1, 0.15) is 122 Å². The van der Waals surface area contributed by atoms with Crippen LogP contribution in [-0.4, -0.2) is 26.3 Å². The first-order valence-corrected chi connectivity index (χ1v) is 13.9. The Balaban J connectivity index is 2.22. The summed E-state index contributed by atoms with van der Waals surface area (Å²) in [6.45, 7) is 5.68. The lowest BCUT2D eigenvalue weighted by Crippen LogP contribution is -2.02. The molecule has 0 amide bonds. The summed E-state index contributed by atoms with van der Waals surface area (Å²) in [5, 5.41) is 0. The third-order valence-corrected chi connectivity index (χ3v) is 6.10. The SMILES string of the molecule is CCCCCCCCCCOC(=O)/C=C/c1ccc(OCCCCCCCCCC)c(OC)c1. The zero-order chi connectivity index (χ0) is 24.7. The normalized spacial score (nSPS) is 11.1. The quantitative estimate of drug-likeness (QED) is 0.0956. The summed E-state index contributed by atoms with van der Waals surface area (Å²) >= 11 is 0. The molecule has 0 radical (unpaired) electrons. The van der Waals surface area contributed by atoms with E-state index in [1.165, 1.54) is 89.5 Å². The van der Waals surface area contributed by atoms with Crippen LogP contribution in [-0.2, 0) is 9.53 Å². The van der Waals surface area contributed by atoms with Crippen LogP contribution in [0, 0.1) is 0 Å². The van der Waals surface area contributed by atoms with Gasteiger partial charge in [0, 0.05) is 6.08 Å². The highest BCUT2D eigenvalue weighted by atomic mass is 16.5. The molecule has 0 saturated heterocycles. The van der Waals surface area contributed by atoms with Gasteiger partial charge in [0.2, 0.25) is 0 Å². The van der Waals surface area contributed by atoms with Crippen molar-refractivity contribution in [2.45, 2.75) is 117 Å². The van der Waals surface area contributed by atoms with Crippen molar-refractivity contribution in [3.05, 3.63) is 29.8 Å². The van der Waals surface area contributed by atoms with Gasteiger partial charge in [-0.05, 0) is 36.6 Å². The minimum Gasteiger partial charge on any atom is -0.493 e. The fourth-order valence-electron chi connectivity index (χ4n) is 3.95. The molecule has 1 aromatic carbocycles. The van der Waals surface area contributed by atoms with E-state index in [1.807, 2.05) is 18.2 Å².